The Kier molecular flexibility index (Phi) is 2.88. The van der Waals surface area contributed by atoms with Crippen molar-refractivity contribution >= 4 is 16.9 Å². The minimum atomic E-state index is 0.246. The number of hydrogen-bond donors (Lipinski definition) is 0. The molecule has 3 aliphatic rings. The number of epoxide rings is 1. The second-order valence-electron chi connectivity index (χ2n) is 6.43. The Hall–Kier alpha value is -2.52. The molecule has 2 atom stereocenters. The number of allylic oxidation sites excluding steroid dienone is 3. The van der Waals surface area contributed by atoms with Crippen LogP contribution in [0.3, 0.4) is 0 Å². The molecule has 2 unspecified atom stereocenters. The molecule has 0 bridgehead atoms. The lowest BCUT2D eigenvalue weighted by atomic mass is 9.96. The van der Waals surface area contributed by atoms with E-state index in [4.69, 9.17) is 4.74 Å². The van der Waals surface area contributed by atoms with E-state index in [1.54, 1.807) is 0 Å². The number of benzene rings is 2. The molecule has 24 heavy (non-hydrogen) atoms. The van der Waals surface area contributed by atoms with Gasteiger partial charge >= 0.3 is 0 Å². The standard InChI is InChI=1S/C21H20N2O/c1-3-14-15-9-5-7-11-18(15)23-21(20-13-24-20)16-10-6-8-12-19(16)22(23)17(14)4-2/h3-12,20-21H,13H2,1-2H3/b14-3-,17-4+. The predicted molar refractivity (Wildman–Crippen MR) is 97.7 cm³/mol. The molecule has 0 radical (unpaired) electrons. The van der Waals surface area contributed by atoms with Crippen LogP contribution in [0.25, 0.3) is 5.57 Å². The van der Waals surface area contributed by atoms with Crippen LogP contribution in [0.4, 0.5) is 11.4 Å². The van der Waals surface area contributed by atoms with E-state index in [0.29, 0.717) is 0 Å². The van der Waals surface area contributed by atoms with Crippen molar-refractivity contribution in [2.24, 2.45) is 0 Å². The van der Waals surface area contributed by atoms with E-state index in [9.17, 15) is 0 Å². The van der Waals surface area contributed by atoms with Crippen molar-refractivity contribution in [1.29, 1.82) is 0 Å². The zero-order valence-electron chi connectivity index (χ0n) is 13.9. The Labute approximate surface area is 142 Å². The molecule has 0 saturated carbocycles. The molecule has 2 aromatic carbocycles. The molecule has 5 rings (SSSR count). The molecule has 0 aromatic heterocycles. The van der Waals surface area contributed by atoms with Crippen LogP contribution in [-0.2, 0) is 4.74 Å². The van der Waals surface area contributed by atoms with Crippen molar-refractivity contribution in [2.45, 2.75) is 26.0 Å². The van der Waals surface area contributed by atoms with Crippen LogP contribution in [-0.4, -0.2) is 12.7 Å². The number of nitrogens with zero attached hydrogens (tertiary/aromatic N) is 2. The van der Waals surface area contributed by atoms with Crippen molar-refractivity contribution in [3.8, 4) is 0 Å². The highest BCUT2D eigenvalue weighted by Gasteiger charge is 2.49. The molecular weight excluding hydrogens is 296 g/mol. The third-order valence-corrected chi connectivity index (χ3v) is 5.18. The Balaban J connectivity index is 1.82. The molecule has 1 saturated heterocycles. The Morgan fingerprint density at radius 3 is 2.38 bits per heavy atom. The van der Waals surface area contributed by atoms with Crippen LogP contribution >= 0.6 is 0 Å². The molecule has 3 nitrogen and oxygen atoms in total. The zero-order valence-corrected chi connectivity index (χ0v) is 13.9. The highest BCUT2D eigenvalue weighted by atomic mass is 16.6. The van der Waals surface area contributed by atoms with Crippen LogP contribution < -0.4 is 10.0 Å². The molecule has 1 fully saturated rings. The predicted octanol–water partition coefficient (Wildman–Crippen LogP) is 4.69. The van der Waals surface area contributed by atoms with E-state index < -0.39 is 0 Å². The highest BCUT2D eigenvalue weighted by molar-refractivity contribution is 5.96. The Morgan fingerprint density at radius 2 is 1.67 bits per heavy atom. The molecule has 120 valence electrons. The SMILES string of the molecule is C/C=C1\C(=C/C)N2c3ccccc3C(C3CO3)N2c2ccccc21. The summed E-state index contributed by atoms with van der Waals surface area (Å²) in [5.41, 5.74) is 7.70. The Bertz CT molecular complexity index is 879. The first-order valence-corrected chi connectivity index (χ1v) is 8.57. The van der Waals surface area contributed by atoms with Gasteiger partial charge in [0.1, 0.15) is 12.1 Å². The lowest BCUT2D eigenvalue weighted by Crippen LogP contribution is -2.44. The molecule has 0 amide bonds. The molecule has 2 aromatic rings. The summed E-state index contributed by atoms with van der Waals surface area (Å²) in [4.78, 5) is 0. The number of para-hydroxylation sites is 2. The smallest absolute Gasteiger partial charge is 0.107 e. The zero-order chi connectivity index (χ0) is 16.3. The first-order chi connectivity index (χ1) is 11.8. The molecule has 0 N–H and O–H groups in total. The Morgan fingerprint density at radius 1 is 0.958 bits per heavy atom. The summed E-state index contributed by atoms with van der Waals surface area (Å²) in [5.74, 6) is 0. The average molecular weight is 316 g/mol. The summed E-state index contributed by atoms with van der Waals surface area (Å²) in [6, 6.07) is 17.6. The van der Waals surface area contributed by atoms with Gasteiger partial charge in [0.25, 0.3) is 0 Å². The maximum atomic E-state index is 5.73. The number of hydrogen-bond acceptors (Lipinski definition) is 3. The fourth-order valence-electron chi connectivity index (χ4n) is 4.14. The maximum absolute atomic E-state index is 5.73. The second kappa shape index (κ2) is 4.99. The van der Waals surface area contributed by atoms with Gasteiger partial charge in [0, 0.05) is 16.7 Å². The molecule has 3 aliphatic heterocycles. The fraction of sp³-hybridized carbons (Fsp3) is 0.238. The summed E-state index contributed by atoms with van der Waals surface area (Å²) in [5, 5.41) is 4.80. The monoisotopic (exact) mass is 316 g/mol. The van der Waals surface area contributed by atoms with E-state index in [0.717, 1.165) is 6.61 Å². The van der Waals surface area contributed by atoms with Gasteiger partial charge in [0.05, 0.1) is 23.7 Å². The topological polar surface area (TPSA) is 19.0 Å². The lowest BCUT2D eigenvalue weighted by Gasteiger charge is -2.43. The van der Waals surface area contributed by atoms with E-state index in [1.807, 2.05) is 0 Å². The number of ether oxygens (including phenoxy) is 1. The van der Waals surface area contributed by atoms with Crippen LogP contribution in [0.1, 0.15) is 31.0 Å². The normalized spacial score (nSPS) is 27.2. The van der Waals surface area contributed by atoms with E-state index in [1.165, 1.54) is 33.8 Å². The van der Waals surface area contributed by atoms with E-state index >= 15 is 0 Å². The summed E-state index contributed by atoms with van der Waals surface area (Å²) in [6.07, 6.45) is 4.70. The molecule has 0 spiro atoms. The van der Waals surface area contributed by atoms with Gasteiger partial charge in [-0.25, -0.2) is 0 Å². The van der Waals surface area contributed by atoms with E-state index in [-0.39, 0.29) is 12.1 Å². The number of fused-ring (bicyclic) bond motifs is 5. The number of rotatable bonds is 1. The number of hydrazine groups is 1. The largest absolute Gasteiger partial charge is 0.370 e. The molecule has 0 aliphatic carbocycles. The van der Waals surface area contributed by atoms with E-state index in [2.05, 4.69) is 84.5 Å². The summed E-state index contributed by atoms with van der Waals surface area (Å²) < 4.78 is 5.73. The number of anilines is 2. The van der Waals surface area contributed by atoms with Gasteiger partial charge in [0.15, 0.2) is 0 Å². The van der Waals surface area contributed by atoms with Crippen LogP contribution in [0.2, 0.25) is 0 Å². The summed E-state index contributed by atoms with van der Waals surface area (Å²) >= 11 is 0. The third kappa shape index (κ3) is 1.70. The highest BCUT2D eigenvalue weighted by Crippen LogP contribution is 2.54. The quantitative estimate of drug-likeness (QED) is 0.711. The molecule has 3 heterocycles. The summed E-state index contributed by atoms with van der Waals surface area (Å²) in [6.45, 7) is 5.08. The van der Waals surface area contributed by atoms with Crippen molar-refractivity contribution in [1.82, 2.24) is 0 Å². The van der Waals surface area contributed by atoms with Crippen LogP contribution in [0, 0.1) is 0 Å². The molecule has 3 heteroatoms. The van der Waals surface area contributed by atoms with Gasteiger partial charge in [0.2, 0.25) is 0 Å². The maximum Gasteiger partial charge on any atom is 0.107 e. The molecular formula is C21H20N2O. The van der Waals surface area contributed by atoms with Gasteiger partial charge < -0.3 is 4.74 Å². The van der Waals surface area contributed by atoms with Gasteiger partial charge in [-0.3, -0.25) is 10.0 Å². The lowest BCUT2D eigenvalue weighted by molar-refractivity contribution is 0.371. The van der Waals surface area contributed by atoms with Gasteiger partial charge in [-0.2, -0.15) is 0 Å². The van der Waals surface area contributed by atoms with Gasteiger partial charge in [-0.1, -0.05) is 48.6 Å². The first kappa shape index (κ1) is 13.9. The van der Waals surface area contributed by atoms with Crippen molar-refractivity contribution in [2.75, 3.05) is 16.6 Å². The van der Waals surface area contributed by atoms with Crippen molar-refractivity contribution in [3.63, 3.8) is 0 Å². The van der Waals surface area contributed by atoms with Crippen molar-refractivity contribution < 1.29 is 4.74 Å². The average Bonchev–Trinajstić information content (AvgIpc) is 3.41. The minimum absolute atomic E-state index is 0.246. The van der Waals surface area contributed by atoms with Crippen LogP contribution in [0.15, 0.2) is 66.4 Å². The van der Waals surface area contributed by atoms with Crippen LogP contribution in [0.5, 0.6) is 0 Å². The fourth-order valence-corrected chi connectivity index (χ4v) is 4.14. The first-order valence-electron chi connectivity index (χ1n) is 8.57. The second-order valence-corrected chi connectivity index (χ2v) is 6.43. The van der Waals surface area contributed by atoms with Gasteiger partial charge in [-0.15, -0.1) is 0 Å². The third-order valence-electron chi connectivity index (χ3n) is 5.18. The summed E-state index contributed by atoms with van der Waals surface area (Å²) in [7, 11) is 0. The van der Waals surface area contributed by atoms with Gasteiger partial charge in [-0.05, 0) is 26.0 Å². The van der Waals surface area contributed by atoms with Crippen molar-refractivity contribution in [3.05, 3.63) is 77.5 Å². The minimum Gasteiger partial charge on any atom is -0.370 e.